The first-order valence-electron chi connectivity index (χ1n) is 15.6. The molecule has 5 rings (SSSR count). The number of rotatable bonds is 10. The van der Waals surface area contributed by atoms with Crippen molar-refractivity contribution in [2.24, 2.45) is 0 Å². The second kappa shape index (κ2) is 14.9. The third-order valence-electron chi connectivity index (χ3n) is 8.37. The number of alkyl halides is 6. The van der Waals surface area contributed by atoms with Gasteiger partial charge in [0.1, 0.15) is 6.61 Å². The average molecular weight is 713 g/mol. The van der Waals surface area contributed by atoms with Gasteiger partial charge in [0.05, 0.1) is 73.4 Å². The number of carbonyl (C=O) groups excluding carboxylic acids is 1. The van der Waals surface area contributed by atoms with Crippen LogP contribution in [0, 0.1) is 0 Å². The molecule has 18 heteroatoms. The summed E-state index contributed by atoms with van der Waals surface area (Å²) in [6.07, 6.45) is -8.00. The highest BCUT2D eigenvalue weighted by molar-refractivity contribution is 5.90. The Morgan fingerprint density at radius 1 is 1.02 bits per heavy atom. The molecule has 1 saturated heterocycles. The van der Waals surface area contributed by atoms with Gasteiger partial charge in [-0.15, -0.1) is 0 Å². The van der Waals surface area contributed by atoms with E-state index in [0.29, 0.717) is 50.5 Å². The van der Waals surface area contributed by atoms with Crippen molar-refractivity contribution < 1.29 is 55.2 Å². The number of ether oxygens (including phenoxy) is 3. The highest BCUT2D eigenvalue weighted by Crippen LogP contribution is 2.44. The number of anilines is 3. The van der Waals surface area contributed by atoms with E-state index >= 15 is 0 Å². The zero-order valence-electron chi connectivity index (χ0n) is 27.0. The molecular formula is C32H34F6N6O6. The summed E-state index contributed by atoms with van der Waals surface area (Å²) in [5, 5.41) is 9.01. The predicted molar refractivity (Wildman–Crippen MR) is 166 cm³/mol. The van der Waals surface area contributed by atoms with Crippen LogP contribution in [0.25, 0.3) is 0 Å². The Hall–Kier alpha value is -4.87. The van der Waals surface area contributed by atoms with Crippen LogP contribution in [-0.2, 0) is 33.2 Å². The lowest BCUT2D eigenvalue weighted by molar-refractivity contribution is -0.143. The fourth-order valence-corrected chi connectivity index (χ4v) is 5.92. The summed E-state index contributed by atoms with van der Waals surface area (Å²) in [6.45, 7) is 2.94. The van der Waals surface area contributed by atoms with Crippen molar-refractivity contribution in [3.8, 4) is 5.88 Å². The van der Waals surface area contributed by atoms with Gasteiger partial charge >= 0.3 is 24.4 Å². The molecule has 1 unspecified atom stereocenters. The fraction of sp³-hybridized carbons (Fsp3) is 0.469. The second-order valence-electron chi connectivity index (χ2n) is 11.6. The first-order chi connectivity index (χ1) is 23.7. The largest absolute Gasteiger partial charge is 0.481 e. The molecule has 0 aliphatic carbocycles. The van der Waals surface area contributed by atoms with Crippen molar-refractivity contribution in [2.75, 3.05) is 54.7 Å². The molecule has 4 heterocycles. The number of carboxylic acid groups (broad SMARTS) is 1. The molecule has 2 aliphatic rings. The van der Waals surface area contributed by atoms with Crippen LogP contribution >= 0.6 is 0 Å². The number of halogens is 6. The van der Waals surface area contributed by atoms with Crippen molar-refractivity contribution in [3.63, 3.8) is 0 Å². The Bertz CT molecular complexity index is 1640. The molecule has 1 fully saturated rings. The van der Waals surface area contributed by atoms with E-state index in [9.17, 15) is 35.9 Å². The molecule has 2 atom stereocenters. The molecule has 1 amide bonds. The second-order valence-corrected chi connectivity index (χ2v) is 11.6. The minimum absolute atomic E-state index is 0.0131. The third-order valence-corrected chi connectivity index (χ3v) is 8.37. The first kappa shape index (κ1) is 36.4. The molecule has 2 aliphatic heterocycles. The van der Waals surface area contributed by atoms with Crippen molar-refractivity contribution in [1.82, 2.24) is 15.0 Å². The number of aromatic nitrogens is 3. The molecule has 0 saturated carbocycles. The lowest BCUT2D eigenvalue weighted by Crippen LogP contribution is -2.48. The van der Waals surface area contributed by atoms with Gasteiger partial charge in [0.25, 0.3) is 0 Å². The van der Waals surface area contributed by atoms with Gasteiger partial charge in [-0.3, -0.25) is 9.69 Å². The fourth-order valence-electron chi connectivity index (χ4n) is 5.92. The molecule has 0 bridgehead atoms. The zero-order chi connectivity index (χ0) is 36.2. The zero-order valence-corrected chi connectivity index (χ0v) is 27.0. The van der Waals surface area contributed by atoms with E-state index in [1.165, 1.54) is 41.4 Å². The Kier molecular flexibility index (Phi) is 10.9. The number of aliphatic carboxylic acids is 1. The van der Waals surface area contributed by atoms with E-state index < -0.39 is 67.2 Å². The number of hydrogen-bond acceptors (Lipinski definition) is 10. The van der Waals surface area contributed by atoms with Gasteiger partial charge in [-0.1, -0.05) is 6.92 Å². The van der Waals surface area contributed by atoms with Crippen molar-refractivity contribution in [1.29, 1.82) is 0 Å². The molecule has 3 aromatic rings. The maximum Gasteiger partial charge on any atom is 0.416 e. The summed E-state index contributed by atoms with van der Waals surface area (Å²) in [7, 11) is 1.35. The molecule has 0 radical (unpaired) electrons. The quantitative estimate of drug-likeness (QED) is 0.245. The van der Waals surface area contributed by atoms with Crippen LogP contribution in [0.4, 0.5) is 48.5 Å². The molecule has 270 valence electrons. The van der Waals surface area contributed by atoms with E-state index in [1.807, 2.05) is 4.90 Å². The molecule has 0 spiro atoms. The highest BCUT2D eigenvalue weighted by Gasteiger charge is 2.42. The number of nitrogens with zero attached hydrogens (tertiary/aromatic N) is 6. The normalized spacial score (nSPS) is 18.0. The maximum absolute atomic E-state index is 13.9. The van der Waals surface area contributed by atoms with Gasteiger partial charge < -0.3 is 29.1 Å². The first-order valence-corrected chi connectivity index (χ1v) is 15.6. The molecule has 12 nitrogen and oxygen atoms in total. The molecule has 1 N–H and O–H groups in total. The van der Waals surface area contributed by atoms with Crippen LogP contribution in [0.1, 0.15) is 54.6 Å². The van der Waals surface area contributed by atoms with E-state index in [-0.39, 0.29) is 41.3 Å². The average Bonchev–Trinajstić information content (AvgIpc) is 3.09. The number of benzene rings is 1. The van der Waals surface area contributed by atoms with E-state index in [1.54, 1.807) is 6.92 Å². The van der Waals surface area contributed by atoms with Crippen LogP contribution in [0.15, 0.2) is 42.7 Å². The number of pyridine rings is 1. The number of fused-ring (bicyclic) bond motifs is 1. The summed E-state index contributed by atoms with van der Waals surface area (Å²) in [5.74, 6) is -1.07. The highest BCUT2D eigenvalue weighted by atomic mass is 19.4. The maximum atomic E-state index is 13.9. The van der Waals surface area contributed by atoms with Crippen LogP contribution in [0.5, 0.6) is 5.88 Å². The lowest BCUT2D eigenvalue weighted by atomic mass is 9.92. The molecular weight excluding hydrogens is 678 g/mol. The van der Waals surface area contributed by atoms with Crippen LogP contribution < -0.4 is 19.4 Å². The van der Waals surface area contributed by atoms with E-state index in [4.69, 9.17) is 19.3 Å². The molecule has 1 aromatic carbocycles. The third kappa shape index (κ3) is 8.28. The number of methoxy groups -OCH3 is 1. The van der Waals surface area contributed by atoms with Crippen LogP contribution in [-0.4, -0.2) is 78.2 Å². The van der Waals surface area contributed by atoms with Crippen molar-refractivity contribution in [2.45, 2.75) is 57.2 Å². The van der Waals surface area contributed by atoms with Crippen LogP contribution in [0.2, 0.25) is 0 Å². The minimum Gasteiger partial charge on any atom is -0.481 e. The Balaban J connectivity index is 1.63. The van der Waals surface area contributed by atoms with Crippen molar-refractivity contribution in [3.05, 3.63) is 65.1 Å². The number of hydrogen-bond donors (Lipinski definition) is 1. The predicted octanol–water partition coefficient (Wildman–Crippen LogP) is 6.10. The van der Waals surface area contributed by atoms with Gasteiger partial charge in [-0.05, 0) is 42.7 Å². The Labute approximate surface area is 282 Å². The number of carbonyl (C=O) groups is 2. The van der Waals surface area contributed by atoms with Gasteiger partial charge in [0, 0.05) is 31.7 Å². The topological polar surface area (TPSA) is 130 Å². The summed E-state index contributed by atoms with van der Waals surface area (Å²) in [4.78, 5) is 42.7. The Morgan fingerprint density at radius 3 is 2.22 bits per heavy atom. The smallest absolute Gasteiger partial charge is 0.416 e. The Morgan fingerprint density at radius 2 is 1.66 bits per heavy atom. The van der Waals surface area contributed by atoms with Gasteiger partial charge in [-0.25, -0.2) is 19.7 Å². The van der Waals surface area contributed by atoms with Gasteiger partial charge in [-0.2, -0.15) is 26.3 Å². The summed E-state index contributed by atoms with van der Waals surface area (Å²) in [6, 6.07) is 2.85. The van der Waals surface area contributed by atoms with E-state index in [0.717, 1.165) is 0 Å². The number of morpholine rings is 1. The van der Waals surface area contributed by atoms with Crippen LogP contribution in [0.3, 0.4) is 0 Å². The minimum atomic E-state index is -5.07. The van der Waals surface area contributed by atoms with Crippen molar-refractivity contribution >= 4 is 29.4 Å². The standard InChI is InChI=1S/C32H34F6N6O6/c1-3-22-15-25(28-24(4-5-26(41-28)48-2)44(22)30(47)50-9-6-27(45)46)43(29-39-16-23(17-40-29)42-7-10-49-11-8-42)18-19-12-20(31(33,34)35)14-21(13-19)32(36,37)38/h4-5,12-14,16-17,22,25H,3,6-11,15,18H2,1-2H3,(H,45,46)/t22-,25?/m1/s1. The SMILES string of the molecule is CC[C@@H]1CC(N(Cc2cc(C(F)(F)F)cc(C(F)(F)F)c2)c2ncc(N3CCOCC3)cn2)c2nc(OC)ccc2N1C(=O)OCCC(=O)O. The monoisotopic (exact) mass is 712 g/mol. The molecule has 2 aromatic heterocycles. The van der Waals surface area contributed by atoms with E-state index in [2.05, 4.69) is 15.0 Å². The summed E-state index contributed by atoms with van der Waals surface area (Å²) >= 11 is 0. The molecule has 50 heavy (non-hydrogen) atoms. The van der Waals surface area contributed by atoms with Gasteiger partial charge in [0.15, 0.2) is 0 Å². The van der Waals surface area contributed by atoms with Gasteiger partial charge in [0.2, 0.25) is 11.8 Å². The lowest BCUT2D eigenvalue weighted by Gasteiger charge is -2.43. The summed E-state index contributed by atoms with van der Waals surface area (Å²) in [5.41, 5.74) is -2.22. The number of amides is 1. The summed E-state index contributed by atoms with van der Waals surface area (Å²) < 4.78 is 99.2. The number of carboxylic acids is 1.